The molecule has 0 radical (unpaired) electrons. The third-order valence-electron chi connectivity index (χ3n) is 9.44. The normalized spacial score (nSPS) is 12.6. The Morgan fingerprint density at radius 1 is 0.481 bits per heavy atom. The molecule has 0 bridgehead atoms. The average Bonchev–Trinajstić information content (AvgIpc) is 3.11. The van der Waals surface area contributed by atoms with Crippen molar-refractivity contribution in [2.45, 2.75) is 225 Å². The lowest BCUT2D eigenvalue weighted by molar-refractivity contribution is -0.161. The minimum absolute atomic E-state index is 0.211. The fourth-order valence-corrected chi connectivity index (χ4v) is 6.55. The highest BCUT2D eigenvalue weighted by atomic mass is 31.2. The van der Waals surface area contributed by atoms with Crippen LogP contribution in [0.25, 0.3) is 0 Å². The number of carbonyl (C=O) groups is 2. The maximum atomic E-state index is 12.4. The van der Waals surface area contributed by atoms with Gasteiger partial charge in [0.1, 0.15) is 6.61 Å². The molecule has 0 spiro atoms. The highest BCUT2D eigenvalue weighted by Crippen LogP contribution is 2.36. The van der Waals surface area contributed by atoms with Crippen molar-refractivity contribution >= 4 is 19.8 Å². The first kappa shape index (κ1) is 50.5. The Hall–Kier alpha value is -1.47. The molecule has 0 fully saturated rings. The summed E-state index contributed by atoms with van der Waals surface area (Å²) in [6.45, 7) is 3.68. The van der Waals surface area contributed by atoms with Gasteiger partial charge in [0.05, 0.1) is 6.61 Å². The second-order valence-corrected chi connectivity index (χ2v) is 15.9. The van der Waals surface area contributed by atoms with Crippen LogP contribution in [0.2, 0.25) is 0 Å². The van der Waals surface area contributed by atoms with E-state index in [4.69, 9.17) is 19.3 Å². The Balaban J connectivity index is 3.88. The lowest BCUT2D eigenvalue weighted by atomic mass is 10.1. The Morgan fingerprint density at radius 3 is 1.17 bits per heavy atom. The Labute approximate surface area is 319 Å². The van der Waals surface area contributed by atoms with E-state index >= 15 is 0 Å². The second-order valence-electron chi connectivity index (χ2n) is 14.7. The Bertz CT molecular complexity index is 900. The summed E-state index contributed by atoms with van der Waals surface area (Å²) in [5.74, 6) is -0.882. The molecule has 1 atom stereocenters. The number of phosphoric acid groups is 1. The number of esters is 2. The van der Waals surface area contributed by atoms with E-state index in [9.17, 15) is 14.2 Å². The van der Waals surface area contributed by atoms with Gasteiger partial charge in [-0.3, -0.25) is 14.1 Å². The molecule has 306 valence electrons. The zero-order valence-electron chi connectivity index (χ0n) is 33.7. The van der Waals surface area contributed by atoms with Crippen LogP contribution in [0, 0.1) is 0 Å². The van der Waals surface area contributed by atoms with Crippen LogP contribution in [0.5, 0.6) is 0 Å². The van der Waals surface area contributed by atoms with E-state index in [1.165, 1.54) is 148 Å². The van der Waals surface area contributed by atoms with Crippen molar-refractivity contribution in [2.75, 3.05) is 13.2 Å². The van der Waals surface area contributed by atoms with Crippen LogP contribution >= 0.6 is 7.82 Å². The summed E-state index contributed by atoms with van der Waals surface area (Å²) < 4.78 is 26.4. The highest BCUT2D eigenvalue weighted by molar-refractivity contribution is 7.46. The van der Waals surface area contributed by atoms with Gasteiger partial charge in [-0.2, -0.15) is 0 Å². The molecule has 2 N–H and O–H groups in total. The van der Waals surface area contributed by atoms with Gasteiger partial charge in [0, 0.05) is 12.8 Å². The molecular weight excluding hydrogens is 675 g/mol. The zero-order valence-corrected chi connectivity index (χ0v) is 34.6. The molecule has 0 saturated heterocycles. The largest absolute Gasteiger partial charge is 0.469 e. The standard InChI is InChI=1S/C43H81O8P/c1-3-5-7-9-11-13-15-17-19-21-23-25-27-29-31-33-35-37-42(44)49-39-41(40-50-52(46,47)48)51-43(45)38-36-34-32-30-28-26-24-22-20-18-16-14-12-10-8-6-4-2/h13-16,41H,3-12,17-40H2,1-2H3,(H2,46,47,48)/b15-13+,16-14+/t41-/m1/s1. The molecule has 0 aromatic heterocycles. The van der Waals surface area contributed by atoms with E-state index in [0.717, 1.165) is 38.5 Å². The minimum atomic E-state index is -4.75. The number of ether oxygens (including phenoxy) is 2. The van der Waals surface area contributed by atoms with Crippen LogP contribution in [0.1, 0.15) is 219 Å². The molecule has 0 aliphatic carbocycles. The van der Waals surface area contributed by atoms with Crippen LogP contribution in [0.3, 0.4) is 0 Å². The molecule has 0 aromatic rings. The summed E-state index contributed by atoms with van der Waals surface area (Å²) >= 11 is 0. The molecule has 0 aromatic carbocycles. The average molecular weight is 757 g/mol. The Morgan fingerprint density at radius 2 is 0.808 bits per heavy atom. The molecule has 0 aliphatic rings. The van der Waals surface area contributed by atoms with E-state index in [1.54, 1.807) is 0 Å². The maximum Gasteiger partial charge on any atom is 0.469 e. The van der Waals surface area contributed by atoms with Gasteiger partial charge in [-0.25, -0.2) is 4.57 Å². The molecule has 0 heterocycles. The number of unbranched alkanes of at least 4 members (excludes halogenated alkanes) is 26. The molecule has 0 rings (SSSR count). The van der Waals surface area contributed by atoms with Crippen molar-refractivity contribution in [3.63, 3.8) is 0 Å². The smallest absolute Gasteiger partial charge is 0.462 e. The predicted molar refractivity (Wildman–Crippen MR) is 216 cm³/mol. The minimum Gasteiger partial charge on any atom is -0.462 e. The monoisotopic (exact) mass is 757 g/mol. The molecule has 52 heavy (non-hydrogen) atoms. The quantitative estimate of drug-likeness (QED) is 0.0274. The Kier molecular flexibility index (Phi) is 38.1. The van der Waals surface area contributed by atoms with Gasteiger partial charge >= 0.3 is 19.8 Å². The maximum absolute atomic E-state index is 12.4. The van der Waals surface area contributed by atoms with Gasteiger partial charge in [-0.05, 0) is 64.2 Å². The molecular formula is C43H81O8P. The molecule has 0 saturated carbocycles. The topological polar surface area (TPSA) is 119 Å². The van der Waals surface area contributed by atoms with E-state index < -0.39 is 32.5 Å². The third-order valence-corrected chi connectivity index (χ3v) is 9.93. The van der Waals surface area contributed by atoms with Gasteiger partial charge < -0.3 is 19.3 Å². The zero-order chi connectivity index (χ0) is 38.2. The third kappa shape index (κ3) is 41.3. The lowest BCUT2D eigenvalue weighted by Crippen LogP contribution is -2.29. The second kappa shape index (κ2) is 39.2. The number of carbonyl (C=O) groups excluding carboxylic acids is 2. The number of hydrogen-bond donors (Lipinski definition) is 2. The first-order valence-corrected chi connectivity index (χ1v) is 23.2. The van der Waals surface area contributed by atoms with Crippen LogP contribution in [0.4, 0.5) is 0 Å². The molecule has 0 unspecified atom stereocenters. The lowest BCUT2D eigenvalue weighted by Gasteiger charge is -2.18. The van der Waals surface area contributed by atoms with Crippen molar-refractivity contribution in [2.24, 2.45) is 0 Å². The number of rotatable bonds is 40. The summed E-state index contributed by atoms with van der Waals surface area (Å²) in [6, 6.07) is 0. The number of allylic oxidation sites excluding steroid dienone is 4. The van der Waals surface area contributed by atoms with Crippen molar-refractivity contribution in [1.82, 2.24) is 0 Å². The van der Waals surface area contributed by atoms with E-state index in [2.05, 4.69) is 42.7 Å². The van der Waals surface area contributed by atoms with Crippen LogP contribution in [0.15, 0.2) is 24.3 Å². The van der Waals surface area contributed by atoms with Gasteiger partial charge in [0.25, 0.3) is 0 Å². The van der Waals surface area contributed by atoms with Crippen molar-refractivity contribution in [3.05, 3.63) is 24.3 Å². The van der Waals surface area contributed by atoms with Crippen LogP contribution in [-0.4, -0.2) is 41.0 Å². The first-order valence-electron chi connectivity index (χ1n) is 21.6. The fraction of sp³-hybridized carbons (Fsp3) is 0.860. The van der Waals surface area contributed by atoms with Crippen LogP contribution in [-0.2, 0) is 28.2 Å². The molecule has 9 heteroatoms. The van der Waals surface area contributed by atoms with Gasteiger partial charge in [0.15, 0.2) is 6.10 Å². The van der Waals surface area contributed by atoms with Gasteiger partial charge in [0.2, 0.25) is 0 Å². The summed E-state index contributed by atoms with van der Waals surface area (Å²) in [7, 11) is -4.75. The summed E-state index contributed by atoms with van der Waals surface area (Å²) in [5.41, 5.74) is 0. The summed E-state index contributed by atoms with van der Waals surface area (Å²) in [6.07, 6.45) is 44.6. The fourth-order valence-electron chi connectivity index (χ4n) is 6.19. The summed E-state index contributed by atoms with van der Waals surface area (Å²) in [4.78, 5) is 42.9. The predicted octanol–water partition coefficient (Wildman–Crippen LogP) is 13.2. The first-order chi connectivity index (χ1) is 25.3. The highest BCUT2D eigenvalue weighted by Gasteiger charge is 2.22. The van der Waals surface area contributed by atoms with E-state index in [0.29, 0.717) is 6.42 Å². The molecule has 0 aliphatic heterocycles. The van der Waals surface area contributed by atoms with Crippen molar-refractivity contribution < 1.29 is 37.9 Å². The van der Waals surface area contributed by atoms with Crippen molar-refractivity contribution in [3.8, 4) is 0 Å². The number of phosphoric ester groups is 1. The van der Waals surface area contributed by atoms with E-state index in [-0.39, 0.29) is 19.4 Å². The SMILES string of the molecule is CCCCCC/C=C/CCCCCCCCCCCC(=O)OC[C@H](COP(=O)(O)O)OC(=O)CCCCCCCCCCC/C=C/CCCCCC. The molecule has 0 amide bonds. The van der Waals surface area contributed by atoms with E-state index in [1.807, 2.05) is 0 Å². The summed E-state index contributed by atoms with van der Waals surface area (Å²) in [5, 5.41) is 0. The van der Waals surface area contributed by atoms with Gasteiger partial charge in [-0.15, -0.1) is 0 Å². The van der Waals surface area contributed by atoms with Crippen molar-refractivity contribution in [1.29, 1.82) is 0 Å². The van der Waals surface area contributed by atoms with Crippen LogP contribution < -0.4 is 0 Å². The molecule has 8 nitrogen and oxygen atoms in total. The van der Waals surface area contributed by atoms with Gasteiger partial charge in [-0.1, -0.05) is 167 Å². The number of hydrogen-bond acceptors (Lipinski definition) is 6.